The van der Waals surface area contributed by atoms with E-state index in [-0.39, 0.29) is 35.7 Å². The highest BCUT2D eigenvalue weighted by molar-refractivity contribution is 9.10. The maximum atomic E-state index is 13.9. The minimum Gasteiger partial charge on any atom is -0.480 e. The van der Waals surface area contributed by atoms with Crippen LogP contribution in [-0.4, -0.2) is 36.3 Å². The standard InChI is InChI=1S/C14H15BrFNO3/c1-8(18)11-5-9(15)6-12(16)14(11)20-7-13(19)17(2)10-3-4-10/h5-6,10H,3-4,7H2,1-2H3. The largest absolute Gasteiger partial charge is 0.480 e. The summed E-state index contributed by atoms with van der Waals surface area (Å²) in [6.45, 7) is 1.05. The van der Waals surface area contributed by atoms with Gasteiger partial charge in [0.25, 0.3) is 5.91 Å². The number of ketones is 1. The van der Waals surface area contributed by atoms with E-state index < -0.39 is 5.82 Å². The molecule has 1 fully saturated rings. The molecular formula is C14H15BrFNO3. The van der Waals surface area contributed by atoms with Crippen LogP contribution in [0.2, 0.25) is 0 Å². The average Bonchev–Trinajstić information content (AvgIpc) is 3.19. The topological polar surface area (TPSA) is 46.6 Å². The molecule has 1 aromatic carbocycles. The van der Waals surface area contributed by atoms with Gasteiger partial charge in [0.15, 0.2) is 24.0 Å². The zero-order chi connectivity index (χ0) is 14.9. The number of nitrogens with zero attached hydrogens (tertiary/aromatic N) is 1. The van der Waals surface area contributed by atoms with Crippen molar-refractivity contribution in [1.29, 1.82) is 0 Å². The first kappa shape index (κ1) is 15.0. The summed E-state index contributed by atoms with van der Waals surface area (Å²) in [6, 6.07) is 2.96. The van der Waals surface area contributed by atoms with E-state index in [4.69, 9.17) is 4.74 Å². The van der Waals surface area contributed by atoms with Gasteiger partial charge in [0, 0.05) is 17.6 Å². The third-order valence-corrected chi connectivity index (χ3v) is 3.67. The van der Waals surface area contributed by atoms with Gasteiger partial charge in [0.05, 0.1) is 5.56 Å². The van der Waals surface area contributed by atoms with E-state index in [0.717, 1.165) is 12.8 Å². The number of carbonyl (C=O) groups is 2. The Labute approximate surface area is 125 Å². The van der Waals surface area contributed by atoms with Gasteiger partial charge < -0.3 is 9.64 Å². The lowest BCUT2D eigenvalue weighted by Crippen LogP contribution is -2.33. The van der Waals surface area contributed by atoms with Crippen LogP contribution in [0.1, 0.15) is 30.1 Å². The molecule has 1 amide bonds. The Morgan fingerprint density at radius 3 is 2.65 bits per heavy atom. The molecule has 0 radical (unpaired) electrons. The first-order valence-electron chi connectivity index (χ1n) is 6.28. The number of carbonyl (C=O) groups excluding carboxylic acids is 2. The van der Waals surface area contributed by atoms with Crippen LogP contribution in [-0.2, 0) is 4.79 Å². The molecule has 0 saturated heterocycles. The zero-order valence-corrected chi connectivity index (χ0v) is 12.9. The predicted octanol–water partition coefficient (Wildman–Crippen LogP) is 2.79. The number of ether oxygens (including phenoxy) is 1. The highest BCUT2D eigenvalue weighted by atomic mass is 79.9. The molecule has 1 aliphatic carbocycles. The fourth-order valence-corrected chi connectivity index (χ4v) is 2.30. The summed E-state index contributed by atoms with van der Waals surface area (Å²) in [4.78, 5) is 24.9. The van der Waals surface area contributed by atoms with Crippen LogP contribution in [0, 0.1) is 5.82 Å². The Kier molecular flexibility index (Phi) is 4.42. The predicted molar refractivity (Wildman–Crippen MR) is 75.4 cm³/mol. The molecule has 0 bridgehead atoms. The maximum Gasteiger partial charge on any atom is 0.260 e. The van der Waals surface area contributed by atoms with Crippen LogP contribution in [0.25, 0.3) is 0 Å². The number of amides is 1. The van der Waals surface area contributed by atoms with Gasteiger partial charge in [-0.15, -0.1) is 0 Å². The van der Waals surface area contributed by atoms with Crippen LogP contribution >= 0.6 is 15.9 Å². The van der Waals surface area contributed by atoms with Crippen LogP contribution < -0.4 is 4.74 Å². The van der Waals surface area contributed by atoms with E-state index >= 15 is 0 Å². The molecule has 1 aromatic rings. The summed E-state index contributed by atoms with van der Waals surface area (Å²) in [5, 5.41) is 0. The van der Waals surface area contributed by atoms with Gasteiger partial charge in [-0.2, -0.15) is 0 Å². The summed E-state index contributed by atoms with van der Waals surface area (Å²) in [5.41, 5.74) is 0.124. The lowest BCUT2D eigenvalue weighted by atomic mass is 10.1. The van der Waals surface area contributed by atoms with E-state index in [1.54, 1.807) is 11.9 Å². The number of rotatable bonds is 5. The summed E-state index contributed by atoms with van der Waals surface area (Å²) in [7, 11) is 1.70. The second-order valence-corrected chi connectivity index (χ2v) is 5.76. The van der Waals surface area contributed by atoms with Crippen molar-refractivity contribution in [3.05, 3.63) is 28.0 Å². The Balaban J connectivity index is 2.12. The van der Waals surface area contributed by atoms with Crippen molar-refractivity contribution in [2.45, 2.75) is 25.8 Å². The number of benzene rings is 1. The van der Waals surface area contributed by atoms with Crippen molar-refractivity contribution in [1.82, 2.24) is 4.90 Å². The third-order valence-electron chi connectivity index (χ3n) is 3.22. The third kappa shape index (κ3) is 3.36. The van der Waals surface area contributed by atoms with Gasteiger partial charge in [-0.3, -0.25) is 9.59 Å². The summed E-state index contributed by atoms with van der Waals surface area (Å²) >= 11 is 3.12. The van der Waals surface area contributed by atoms with Crippen molar-refractivity contribution in [3.8, 4) is 5.75 Å². The number of Topliss-reactive ketones (excluding diaryl/α,β-unsaturated/α-hetero) is 1. The first-order valence-corrected chi connectivity index (χ1v) is 7.08. The van der Waals surface area contributed by atoms with E-state index in [0.29, 0.717) is 4.47 Å². The minimum atomic E-state index is -0.661. The molecule has 0 heterocycles. The molecule has 0 aromatic heterocycles. The zero-order valence-electron chi connectivity index (χ0n) is 11.3. The fourth-order valence-electron chi connectivity index (χ4n) is 1.87. The van der Waals surface area contributed by atoms with E-state index in [1.807, 2.05) is 0 Å². The van der Waals surface area contributed by atoms with Gasteiger partial charge in [-0.1, -0.05) is 15.9 Å². The van der Waals surface area contributed by atoms with Crippen molar-refractivity contribution in [3.63, 3.8) is 0 Å². The van der Waals surface area contributed by atoms with Crippen molar-refractivity contribution < 1.29 is 18.7 Å². The average molecular weight is 344 g/mol. The molecule has 0 spiro atoms. The Morgan fingerprint density at radius 2 is 2.10 bits per heavy atom. The van der Waals surface area contributed by atoms with E-state index in [2.05, 4.69) is 15.9 Å². The molecular weight excluding hydrogens is 329 g/mol. The Hall–Kier alpha value is -1.43. The summed E-state index contributed by atoms with van der Waals surface area (Å²) < 4.78 is 19.6. The van der Waals surface area contributed by atoms with Crippen LogP contribution in [0.15, 0.2) is 16.6 Å². The molecule has 1 saturated carbocycles. The van der Waals surface area contributed by atoms with Crippen molar-refractivity contribution in [2.75, 3.05) is 13.7 Å². The minimum absolute atomic E-state index is 0.124. The number of hydrogen-bond acceptors (Lipinski definition) is 3. The second kappa shape index (κ2) is 5.91. The van der Waals surface area contributed by atoms with Crippen LogP contribution in [0.3, 0.4) is 0 Å². The highest BCUT2D eigenvalue weighted by Gasteiger charge is 2.30. The summed E-state index contributed by atoms with van der Waals surface area (Å²) in [5.74, 6) is -1.36. The van der Waals surface area contributed by atoms with Crippen molar-refractivity contribution in [2.24, 2.45) is 0 Å². The molecule has 1 aliphatic rings. The molecule has 6 heteroatoms. The highest BCUT2D eigenvalue weighted by Crippen LogP contribution is 2.29. The lowest BCUT2D eigenvalue weighted by Gasteiger charge is -2.17. The van der Waals surface area contributed by atoms with Gasteiger partial charge in [0.2, 0.25) is 0 Å². The van der Waals surface area contributed by atoms with Crippen LogP contribution in [0.5, 0.6) is 5.75 Å². The first-order chi connectivity index (χ1) is 9.40. The molecule has 0 N–H and O–H groups in total. The van der Waals surface area contributed by atoms with E-state index in [9.17, 15) is 14.0 Å². The summed E-state index contributed by atoms with van der Waals surface area (Å²) in [6.07, 6.45) is 1.99. The van der Waals surface area contributed by atoms with Crippen LogP contribution in [0.4, 0.5) is 4.39 Å². The van der Waals surface area contributed by atoms with Gasteiger partial charge >= 0.3 is 0 Å². The van der Waals surface area contributed by atoms with E-state index in [1.165, 1.54) is 19.1 Å². The van der Waals surface area contributed by atoms with Gasteiger partial charge in [-0.25, -0.2) is 4.39 Å². The Morgan fingerprint density at radius 1 is 1.45 bits per heavy atom. The molecule has 108 valence electrons. The number of hydrogen-bond donors (Lipinski definition) is 0. The smallest absolute Gasteiger partial charge is 0.260 e. The quantitative estimate of drug-likeness (QED) is 0.772. The monoisotopic (exact) mass is 343 g/mol. The number of likely N-dealkylation sites (N-methyl/N-ethyl adjacent to an activating group) is 1. The SMILES string of the molecule is CC(=O)c1cc(Br)cc(F)c1OCC(=O)N(C)C1CC1. The molecule has 0 unspecified atom stereocenters. The lowest BCUT2D eigenvalue weighted by molar-refractivity contribution is -0.132. The second-order valence-electron chi connectivity index (χ2n) is 4.84. The molecule has 2 rings (SSSR count). The molecule has 0 atom stereocenters. The molecule has 20 heavy (non-hydrogen) atoms. The fraction of sp³-hybridized carbons (Fsp3) is 0.429. The normalized spacial score (nSPS) is 14.0. The van der Waals surface area contributed by atoms with Crippen molar-refractivity contribution >= 4 is 27.6 Å². The van der Waals surface area contributed by atoms with Gasteiger partial charge in [0.1, 0.15) is 0 Å². The maximum absolute atomic E-state index is 13.9. The van der Waals surface area contributed by atoms with Gasteiger partial charge in [-0.05, 0) is 31.9 Å². The molecule has 0 aliphatic heterocycles. The Bertz CT molecular complexity index is 558. The number of halogens is 2. The molecule has 4 nitrogen and oxygen atoms in total.